The first kappa shape index (κ1) is 20.1. The highest BCUT2D eigenvalue weighted by Gasteiger charge is 2.33. The molecule has 0 bridgehead atoms. The first-order valence-corrected chi connectivity index (χ1v) is 10.1. The Bertz CT molecular complexity index is 988. The zero-order valence-electron chi connectivity index (χ0n) is 17.2. The Balaban J connectivity index is 1.51. The molecule has 1 heterocycles. The maximum atomic E-state index is 12.7. The number of amides is 1. The average molecular weight is 402 g/mol. The van der Waals surface area contributed by atoms with Crippen LogP contribution in [0.25, 0.3) is 11.1 Å². The van der Waals surface area contributed by atoms with Gasteiger partial charge in [-0.05, 0) is 33.9 Å². The highest BCUT2D eigenvalue weighted by atomic mass is 16.5. The number of nitrogens with one attached hydrogen (secondary N) is 1. The number of aliphatic hydroxyl groups excluding tert-OH is 1. The molecule has 0 aliphatic heterocycles. The molecular formula is C25H26N2O3. The van der Waals surface area contributed by atoms with Crippen LogP contribution in [0.1, 0.15) is 42.5 Å². The number of aromatic nitrogens is 1. The van der Waals surface area contributed by atoms with Crippen LogP contribution in [0.4, 0.5) is 4.79 Å². The lowest BCUT2D eigenvalue weighted by Gasteiger charge is -2.33. The minimum atomic E-state index is -0.575. The lowest BCUT2D eigenvalue weighted by Crippen LogP contribution is -2.40. The van der Waals surface area contributed by atoms with Gasteiger partial charge in [-0.25, -0.2) is 4.79 Å². The van der Waals surface area contributed by atoms with Gasteiger partial charge in [0.05, 0.1) is 12.6 Å². The predicted octanol–water partition coefficient (Wildman–Crippen LogP) is 4.68. The molecule has 0 saturated heterocycles. The van der Waals surface area contributed by atoms with Gasteiger partial charge in [-0.2, -0.15) is 0 Å². The summed E-state index contributed by atoms with van der Waals surface area (Å²) in [6.45, 7) is 3.96. The molecule has 0 fully saturated rings. The van der Waals surface area contributed by atoms with Crippen molar-refractivity contribution in [1.82, 2.24) is 10.3 Å². The second-order valence-corrected chi connectivity index (χ2v) is 8.34. The van der Waals surface area contributed by atoms with E-state index in [1.807, 2.05) is 50.2 Å². The van der Waals surface area contributed by atoms with Crippen molar-refractivity contribution in [3.8, 4) is 11.1 Å². The van der Waals surface area contributed by atoms with E-state index >= 15 is 0 Å². The number of fused-ring (bicyclic) bond motifs is 3. The third-order valence-corrected chi connectivity index (χ3v) is 5.81. The maximum absolute atomic E-state index is 12.7. The molecule has 5 heteroatoms. The van der Waals surface area contributed by atoms with Crippen molar-refractivity contribution in [2.24, 2.45) is 5.41 Å². The van der Waals surface area contributed by atoms with Crippen molar-refractivity contribution in [1.29, 1.82) is 0 Å². The molecule has 0 spiro atoms. The smallest absolute Gasteiger partial charge is 0.407 e. The van der Waals surface area contributed by atoms with Gasteiger partial charge in [-0.15, -0.1) is 0 Å². The van der Waals surface area contributed by atoms with E-state index in [1.165, 1.54) is 22.3 Å². The molecule has 2 N–H and O–H groups in total. The molecule has 1 aliphatic carbocycles. The van der Waals surface area contributed by atoms with Crippen LogP contribution in [0.3, 0.4) is 0 Å². The number of carbonyl (C=O) groups is 1. The lowest BCUT2D eigenvalue weighted by molar-refractivity contribution is 0.0966. The summed E-state index contributed by atoms with van der Waals surface area (Å²) in [5.74, 6) is 0.00541. The molecule has 0 radical (unpaired) electrons. The fourth-order valence-corrected chi connectivity index (χ4v) is 4.13. The second-order valence-electron chi connectivity index (χ2n) is 8.34. The van der Waals surface area contributed by atoms with Crippen molar-refractivity contribution >= 4 is 6.09 Å². The van der Waals surface area contributed by atoms with Crippen LogP contribution in [0.2, 0.25) is 0 Å². The summed E-state index contributed by atoms with van der Waals surface area (Å²) in [5, 5.41) is 12.8. The second kappa shape index (κ2) is 8.28. The van der Waals surface area contributed by atoms with Crippen LogP contribution in [0.15, 0.2) is 73.1 Å². The largest absolute Gasteiger partial charge is 0.449 e. The van der Waals surface area contributed by atoms with Crippen molar-refractivity contribution in [3.05, 3.63) is 89.7 Å². The number of aliphatic hydroxyl groups is 1. The first-order valence-electron chi connectivity index (χ1n) is 10.1. The van der Waals surface area contributed by atoms with E-state index in [0.29, 0.717) is 0 Å². The van der Waals surface area contributed by atoms with Crippen LogP contribution in [0.5, 0.6) is 0 Å². The van der Waals surface area contributed by atoms with Gasteiger partial charge in [0.1, 0.15) is 6.61 Å². The summed E-state index contributed by atoms with van der Waals surface area (Å²) in [5.41, 5.74) is 4.98. The Kier molecular flexibility index (Phi) is 5.55. The van der Waals surface area contributed by atoms with Crippen molar-refractivity contribution < 1.29 is 14.6 Å². The van der Waals surface area contributed by atoms with Gasteiger partial charge in [-0.3, -0.25) is 4.98 Å². The molecule has 0 saturated carbocycles. The summed E-state index contributed by atoms with van der Waals surface area (Å²) in [6.07, 6.45) is 2.87. The Morgan fingerprint density at radius 3 is 2.27 bits per heavy atom. The molecular weight excluding hydrogens is 376 g/mol. The molecule has 1 unspecified atom stereocenters. The van der Waals surface area contributed by atoms with Gasteiger partial charge < -0.3 is 15.2 Å². The molecule has 1 aliphatic rings. The summed E-state index contributed by atoms with van der Waals surface area (Å²) in [4.78, 5) is 16.9. The van der Waals surface area contributed by atoms with E-state index in [4.69, 9.17) is 4.74 Å². The molecule has 154 valence electrons. The normalized spacial score (nSPS) is 14.0. The van der Waals surface area contributed by atoms with Crippen LogP contribution in [-0.4, -0.2) is 29.4 Å². The Labute approximate surface area is 176 Å². The number of pyridine rings is 1. The lowest BCUT2D eigenvalue weighted by atomic mass is 9.82. The molecule has 1 amide bonds. The van der Waals surface area contributed by atoms with Crippen molar-refractivity contribution in [3.63, 3.8) is 0 Å². The number of hydrogen-bond donors (Lipinski definition) is 2. The predicted molar refractivity (Wildman–Crippen MR) is 116 cm³/mol. The number of rotatable bonds is 6. The summed E-state index contributed by atoms with van der Waals surface area (Å²) < 4.78 is 5.68. The molecule has 5 nitrogen and oxygen atoms in total. The highest BCUT2D eigenvalue weighted by molar-refractivity contribution is 5.79. The van der Waals surface area contributed by atoms with E-state index in [1.54, 1.807) is 12.4 Å². The van der Waals surface area contributed by atoms with Gasteiger partial charge in [0, 0.05) is 23.7 Å². The van der Waals surface area contributed by atoms with Gasteiger partial charge in [0.25, 0.3) is 0 Å². The SMILES string of the molecule is CC(C)(CO)C(NC(=O)OCC1c2ccccc2-c2ccccc21)c1cccnc1. The van der Waals surface area contributed by atoms with E-state index in [0.717, 1.165) is 5.56 Å². The number of benzene rings is 2. The molecule has 3 aromatic rings. The van der Waals surface area contributed by atoms with Crippen LogP contribution < -0.4 is 5.32 Å². The monoisotopic (exact) mass is 402 g/mol. The molecule has 1 aromatic heterocycles. The maximum Gasteiger partial charge on any atom is 0.407 e. The zero-order chi connectivity index (χ0) is 21.1. The average Bonchev–Trinajstić information content (AvgIpc) is 3.10. The summed E-state index contributed by atoms with van der Waals surface area (Å²) >= 11 is 0. The number of alkyl carbamates (subject to hydrolysis) is 1. The van der Waals surface area contributed by atoms with Gasteiger partial charge in [0.2, 0.25) is 0 Å². The fourth-order valence-electron chi connectivity index (χ4n) is 4.13. The Hall–Kier alpha value is -3.18. The highest BCUT2D eigenvalue weighted by Crippen LogP contribution is 2.44. The Morgan fingerprint density at radius 2 is 1.70 bits per heavy atom. The third-order valence-electron chi connectivity index (χ3n) is 5.81. The van der Waals surface area contributed by atoms with E-state index < -0.39 is 17.6 Å². The number of carbonyl (C=O) groups excluding carboxylic acids is 1. The quantitative estimate of drug-likeness (QED) is 0.628. The number of ether oxygens (including phenoxy) is 1. The van der Waals surface area contributed by atoms with Crippen molar-refractivity contribution in [2.45, 2.75) is 25.8 Å². The minimum absolute atomic E-state index is 0.00541. The summed E-state index contributed by atoms with van der Waals surface area (Å²) in [6, 6.07) is 19.8. The number of nitrogens with zero attached hydrogens (tertiary/aromatic N) is 1. The van der Waals surface area contributed by atoms with Crippen LogP contribution >= 0.6 is 0 Å². The molecule has 4 rings (SSSR count). The summed E-state index contributed by atoms with van der Waals surface area (Å²) in [7, 11) is 0. The first-order chi connectivity index (χ1) is 14.5. The Morgan fingerprint density at radius 1 is 1.07 bits per heavy atom. The van der Waals surface area contributed by atoms with Crippen LogP contribution in [0, 0.1) is 5.41 Å². The third kappa shape index (κ3) is 3.81. The minimum Gasteiger partial charge on any atom is -0.449 e. The number of hydrogen-bond acceptors (Lipinski definition) is 4. The van der Waals surface area contributed by atoms with E-state index in [9.17, 15) is 9.90 Å². The van der Waals surface area contributed by atoms with Gasteiger partial charge >= 0.3 is 6.09 Å². The van der Waals surface area contributed by atoms with E-state index in [-0.39, 0.29) is 19.1 Å². The molecule has 1 atom stereocenters. The topological polar surface area (TPSA) is 71.5 Å². The van der Waals surface area contributed by atoms with Crippen LogP contribution in [-0.2, 0) is 4.74 Å². The standard InChI is InChI=1S/C25H26N2O3/c1-25(2,16-28)23(17-8-7-13-26-14-17)27-24(29)30-15-22-20-11-5-3-9-18(20)19-10-4-6-12-21(19)22/h3-14,22-23,28H,15-16H2,1-2H3,(H,27,29). The van der Waals surface area contributed by atoms with E-state index in [2.05, 4.69) is 34.6 Å². The zero-order valence-corrected chi connectivity index (χ0v) is 17.2. The molecule has 2 aromatic carbocycles. The van der Waals surface area contributed by atoms with Gasteiger partial charge in [-0.1, -0.05) is 68.4 Å². The fraction of sp³-hybridized carbons (Fsp3) is 0.280. The molecule has 30 heavy (non-hydrogen) atoms. The van der Waals surface area contributed by atoms with Crippen molar-refractivity contribution in [2.75, 3.05) is 13.2 Å². The van der Waals surface area contributed by atoms with Gasteiger partial charge in [0.15, 0.2) is 0 Å².